The van der Waals surface area contributed by atoms with E-state index in [0.717, 1.165) is 22.6 Å². The van der Waals surface area contributed by atoms with Crippen LogP contribution in [-0.4, -0.2) is 21.0 Å². The highest BCUT2D eigenvalue weighted by Gasteiger charge is 2.18. The lowest BCUT2D eigenvalue weighted by Crippen LogP contribution is -2.19. The van der Waals surface area contributed by atoms with Crippen molar-refractivity contribution in [3.8, 4) is 5.69 Å². The molecule has 3 aromatic rings. The van der Waals surface area contributed by atoms with Crippen LogP contribution in [0.3, 0.4) is 0 Å². The molecule has 2 aromatic carbocycles. The van der Waals surface area contributed by atoms with Crippen LogP contribution in [0.1, 0.15) is 32.0 Å². The summed E-state index contributed by atoms with van der Waals surface area (Å²) in [6, 6.07) is 14.8. The quantitative estimate of drug-likeness (QED) is 0.730. The van der Waals surface area contributed by atoms with Crippen molar-refractivity contribution in [3.05, 3.63) is 66.0 Å². The van der Waals surface area contributed by atoms with E-state index in [0.29, 0.717) is 5.69 Å². The number of hydrogen-bond acceptors (Lipinski definition) is 3. The third-order valence-electron chi connectivity index (χ3n) is 4.04. The maximum absolute atomic E-state index is 12.2. The van der Waals surface area contributed by atoms with Gasteiger partial charge in [-0.3, -0.25) is 0 Å². The van der Waals surface area contributed by atoms with Crippen molar-refractivity contribution in [1.82, 2.24) is 15.0 Å². The summed E-state index contributed by atoms with van der Waals surface area (Å²) in [6.45, 7) is 8.25. The lowest BCUT2D eigenvalue weighted by molar-refractivity contribution is 0.262. The molecule has 0 saturated heterocycles. The third-order valence-corrected chi connectivity index (χ3v) is 4.04. The minimum absolute atomic E-state index is 0.0482. The number of aromatic nitrogens is 3. The van der Waals surface area contributed by atoms with Gasteiger partial charge in [0.1, 0.15) is 0 Å². The predicted molar refractivity (Wildman–Crippen MR) is 104 cm³/mol. The molecule has 2 N–H and O–H groups in total. The summed E-state index contributed by atoms with van der Waals surface area (Å²) in [5, 5.41) is 14.1. The molecule has 134 valence electrons. The molecule has 6 nitrogen and oxygen atoms in total. The number of para-hydroxylation sites is 1. The molecule has 0 radical (unpaired) electrons. The van der Waals surface area contributed by atoms with Crippen LogP contribution in [-0.2, 0) is 5.41 Å². The summed E-state index contributed by atoms with van der Waals surface area (Å²) in [6.07, 6.45) is 1.92. The summed E-state index contributed by atoms with van der Waals surface area (Å²) in [4.78, 5) is 12.2. The van der Waals surface area contributed by atoms with Gasteiger partial charge in [0, 0.05) is 16.8 Å². The Morgan fingerprint density at radius 1 is 1.00 bits per heavy atom. The van der Waals surface area contributed by atoms with Crippen LogP contribution in [0.15, 0.2) is 54.7 Å². The Labute approximate surface area is 153 Å². The lowest BCUT2D eigenvalue weighted by Gasteiger charge is -2.13. The number of urea groups is 1. The van der Waals surface area contributed by atoms with Crippen LogP contribution in [0.2, 0.25) is 0 Å². The molecule has 0 saturated carbocycles. The number of hydrogen-bond donors (Lipinski definition) is 2. The Bertz CT molecular complexity index is 906. The van der Waals surface area contributed by atoms with Gasteiger partial charge >= 0.3 is 6.03 Å². The average molecular weight is 349 g/mol. The SMILES string of the molecule is Cc1ccccc1NC(=O)Nc1ccc(-n2cc(C(C)(C)C)nn2)cc1. The molecule has 1 aromatic heterocycles. The van der Waals surface area contributed by atoms with E-state index >= 15 is 0 Å². The zero-order chi connectivity index (χ0) is 18.7. The maximum atomic E-state index is 12.2. The largest absolute Gasteiger partial charge is 0.323 e. The van der Waals surface area contributed by atoms with Crippen molar-refractivity contribution >= 4 is 17.4 Å². The zero-order valence-electron chi connectivity index (χ0n) is 15.4. The molecule has 2 amide bonds. The first-order chi connectivity index (χ1) is 12.3. The van der Waals surface area contributed by atoms with Gasteiger partial charge in [-0.15, -0.1) is 5.10 Å². The van der Waals surface area contributed by atoms with Gasteiger partial charge in [-0.2, -0.15) is 0 Å². The van der Waals surface area contributed by atoms with E-state index in [-0.39, 0.29) is 11.4 Å². The molecule has 0 aliphatic rings. The molecule has 6 heteroatoms. The maximum Gasteiger partial charge on any atom is 0.323 e. The number of nitrogens with one attached hydrogen (secondary N) is 2. The van der Waals surface area contributed by atoms with Gasteiger partial charge in [-0.25, -0.2) is 9.48 Å². The number of carbonyl (C=O) groups excluding carboxylic acids is 1. The molecule has 26 heavy (non-hydrogen) atoms. The second-order valence-corrected chi connectivity index (χ2v) is 7.24. The fourth-order valence-corrected chi connectivity index (χ4v) is 2.43. The van der Waals surface area contributed by atoms with Gasteiger partial charge in [0.25, 0.3) is 0 Å². The van der Waals surface area contributed by atoms with Gasteiger partial charge < -0.3 is 10.6 Å². The Balaban J connectivity index is 1.67. The molecule has 0 unspecified atom stereocenters. The van der Waals surface area contributed by atoms with E-state index < -0.39 is 0 Å². The van der Waals surface area contributed by atoms with Crippen LogP contribution >= 0.6 is 0 Å². The average Bonchev–Trinajstić information content (AvgIpc) is 3.08. The van der Waals surface area contributed by atoms with Crippen molar-refractivity contribution in [2.75, 3.05) is 10.6 Å². The van der Waals surface area contributed by atoms with E-state index in [1.54, 1.807) is 4.68 Å². The molecule has 0 fully saturated rings. The molecule has 0 bridgehead atoms. The van der Waals surface area contributed by atoms with Crippen LogP contribution in [0.5, 0.6) is 0 Å². The summed E-state index contributed by atoms with van der Waals surface area (Å²) in [5.41, 5.74) is 4.27. The summed E-state index contributed by atoms with van der Waals surface area (Å²) < 4.78 is 1.73. The van der Waals surface area contributed by atoms with Crippen LogP contribution in [0.4, 0.5) is 16.2 Å². The van der Waals surface area contributed by atoms with E-state index in [9.17, 15) is 4.79 Å². The fraction of sp³-hybridized carbons (Fsp3) is 0.250. The fourth-order valence-electron chi connectivity index (χ4n) is 2.43. The number of carbonyl (C=O) groups is 1. The molecular formula is C20H23N5O. The van der Waals surface area contributed by atoms with Crippen LogP contribution < -0.4 is 10.6 Å². The Hall–Kier alpha value is -3.15. The van der Waals surface area contributed by atoms with Crippen LogP contribution in [0.25, 0.3) is 5.69 Å². The first-order valence-corrected chi connectivity index (χ1v) is 8.50. The Morgan fingerprint density at radius 3 is 2.31 bits per heavy atom. The second-order valence-electron chi connectivity index (χ2n) is 7.24. The minimum atomic E-state index is -0.275. The van der Waals surface area contributed by atoms with E-state index in [1.807, 2.05) is 61.7 Å². The smallest absolute Gasteiger partial charge is 0.308 e. The van der Waals surface area contributed by atoms with Crippen molar-refractivity contribution in [2.45, 2.75) is 33.1 Å². The summed E-state index contributed by atoms with van der Waals surface area (Å²) >= 11 is 0. The molecule has 3 rings (SSSR count). The standard InChI is InChI=1S/C20H23N5O/c1-14-7-5-6-8-17(14)22-19(26)21-15-9-11-16(12-10-15)25-13-18(23-24-25)20(2,3)4/h5-13H,1-4H3,(H2,21,22,26). The monoisotopic (exact) mass is 349 g/mol. The predicted octanol–water partition coefficient (Wildman–Crippen LogP) is 4.52. The van der Waals surface area contributed by atoms with Gasteiger partial charge in [0.2, 0.25) is 0 Å². The highest BCUT2D eigenvalue weighted by Crippen LogP contribution is 2.21. The minimum Gasteiger partial charge on any atom is -0.308 e. The topological polar surface area (TPSA) is 71.8 Å². The molecule has 1 heterocycles. The Kier molecular flexibility index (Phi) is 4.75. The van der Waals surface area contributed by atoms with E-state index in [1.165, 1.54) is 0 Å². The summed E-state index contributed by atoms with van der Waals surface area (Å²) in [7, 11) is 0. The third kappa shape index (κ3) is 4.08. The Morgan fingerprint density at radius 2 is 1.69 bits per heavy atom. The number of nitrogens with zero attached hydrogens (tertiary/aromatic N) is 3. The lowest BCUT2D eigenvalue weighted by atomic mass is 9.93. The van der Waals surface area contributed by atoms with Crippen LogP contribution in [0, 0.1) is 6.92 Å². The number of rotatable bonds is 3. The number of benzene rings is 2. The highest BCUT2D eigenvalue weighted by atomic mass is 16.2. The van der Waals surface area contributed by atoms with Gasteiger partial charge in [-0.05, 0) is 42.8 Å². The summed E-state index contributed by atoms with van der Waals surface area (Å²) in [5.74, 6) is 0. The normalized spacial score (nSPS) is 11.2. The number of anilines is 2. The van der Waals surface area contributed by atoms with Crippen molar-refractivity contribution in [3.63, 3.8) is 0 Å². The first-order valence-electron chi connectivity index (χ1n) is 8.50. The van der Waals surface area contributed by atoms with Crippen molar-refractivity contribution in [2.24, 2.45) is 0 Å². The molecule has 0 aliphatic heterocycles. The van der Waals surface area contributed by atoms with Gasteiger partial charge in [-0.1, -0.05) is 44.2 Å². The molecule has 0 aliphatic carbocycles. The van der Waals surface area contributed by atoms with Gasteiger partial charge in [0.15, 0.2) is 0 Å². The van der Waals surface area contributed by atoms with Crippen molar-refractivity contribution in [1.29, 1.82) is 0 Å². The van der Waals surface area contributed by atoms with E-state index in [2.05, 4.69) is 41.7 Å². The van der Waals surface area contributed by atoms with Crippen molar-refractivity contribution < 1.29 is 4.79 Å². The first kappa shape index (κ1) is 17.7. The van der Waals surface area contributed by atoms with Gasteiger partial charge in [0.05, 0.1) is 17.6 Å². The highest BCUT2D eigenvalue weighted by molar-refractivity contribution is 6.00. The number of amides is 2. The number of aryl methyl sites for hydroxylation is 1. The molecule has 0 atom stereocenters. The van der Waals surface area contributed by atoms with E-state index in [4.69, 9.17) is 0 Å². The molecular weight excluding hydrogens is 326 g/mol. The second kappa shape index (κ2) is 7.00. The molecule has 0 spiro atoms. The zero-order valence-corrected chi connectivity index (χ0v) is 15.4.